The van der Waals surface area contributed by atoms with Crippen molar-refractivity contribution in [1.82, 2.24) is 0 Å². The van der Waals surface area contributed by atoms with Gasteiger partial charge in [-0.2, -0.15) is 0 Å². The maximum absolute atomic E-state index is 7.90. The Morgan fingerprint density at radius 2 is 2.25 bits per heavy atom. The molecule has 0 aromatic rings. The number of nitrogens with one attached hydrogen (secondary N) is 1. The van der Waals surface area contributed by atoms with Crippen molar-refractivity contribution >= 4 is 28.6 Å². The molecular weight excluding hydrogens is 236 g/mol. The molecule has 4 heteroatoms. The smallest absolute Gasteiger partial charge is 0.102 e. The van der Waals surface area contributed by atoms with Gasteiger partial charge in [0.2, 0.25) is 0 Å². The van der Waals surface area contributed by atoms with Gasteiger partial charge in [-0.3, -0.25) is 5.41 Å². The minimum Gasteiger partial charge on any atom is -0.401 e. The highest BCUT2D eigenvalue weighted by atomic mass is 32.2. The Labute approximate surface area is 107 Å². The van der Waals surface area contributed by atoms with Crippen molar-refractivity contribution in [3.05, 3.63) is 10.6 Å². The largest absolute Gasteiger partial charge is 0.401 e. The maximum Gasteiger partial charge on any atom is 0.102 e. The topological polar surface area (TPSA) is 49.9 Å². The van der Waals surface area contributed by atoms with E-state index in [4.69, 9.17) is 11.1 Å². The standard InChI is InChI=1S/C12H22N2S2/c1-7(2)5-9-8(3)6-16-11(10(9)13)12(14)15-4/h7-9,14H,5-6,13H2,1-4H3. The van der Waals surface area contributed by atoms with Gasteiger partial charge in [-0.15, -0.1) is 23.5 Å². The van der Waals surface area contributed by atoms with Crippen LogP contribution >= 0.6 is 23.5 Å². The van der Waals surface area contributed by atoms with E-state index < -0.39 is 0 Å². The van der Waals surface area contributed by atoms with E-state index in [1.54, 1.807) is 11.8 Å². The molecule has 1 heterocycles. The van der Waals surface area contributed by atoms with Gasteiger partial charge in [-0.25, -0.2) is 0 Å². The van der Waals surface area contributed by atoms with Crippen LogP contribution in [0.15, 0.2) is 10.6 Å². The van der Waals surface area contributed by atoms with Crippen LogP contribution < -0.4 is 5.73 Å². The minimum atomic E-state index is 0.462. The number of allylic oxidation sites excluding steroid dienone is 1. The molecule has 1 aliphatic heterocycles. The van der Waals surface area contributed by atoms with Gasteiger partial charge in [0.05, 0.1) is 4.91 Å². The summed E-state index contributed by atoms with van der Waals surface area (Å²) in [6, 6.07) is 0. The van der Waals surface area contributed by atoms with Crippen LogP contribution in [-0.2, 0) is 0 Å². The number of nitrogens with two attached hydrogens (primary N) is 1. The van der Waals surface area contributed by atoms with E-state index in [0.29, 0.717) is 22.8 Å². The van der Waals surface area contributed by atoms with E-state index in [2.05, 4.69) is 20.8 Å². The Hall–Kier alpha value is -0.0900. The van der Waals surface area contributed by atoms with Crippen molar-refractivity contribution in [2.75, 3.05) is 12.0 Å². The molecule has 2 nitrogen and oxygen atoms in total. The summed E-state index contributed by atoms with van der Waals surface area (Å²) in [5.74, 6) is 2.85. The van der Waals surface area contributed by atoms with Crippen LogP contribution in [0.25, 0.3) is 0 Å². The monoisotopic (exact) mass is 258 g/mol. The molecule has 0 spiro atoms. The molecular formula is C12H22N2S2. The zero-order valence-electron chi connectivity index (χ0n) is 10.5. The molecule has 92 valence electrons. The van der Waals surface area contributed by atoms with Crippen molar-refractivity contribution < 1.29 is 0 Å². The van der Waals surface area contributed by atoms with Crippen molar-refractivity contribution in [2.24, 2.45) is 23.5 Å². The first-order valence-corrected chi connectivity index (χ1v) is 7.93. The molecule has 2 unspecified atom stereocenters. The quantitative estimate of drug-likeness (QED) is 0.601. The third-order valence-electron chi connectivity index (χ3n) is 2.97. The maximum atomic E-state index is 7.90. The van der Waals surface area contributed by atoms with Crippen LogP contribution in [0.5, 0.6) is 0 Å². The fraction of sp³-hybridized carbons (Fsp3) is 0.750. The summed E-state index contributed by atoms with van der Waals surface area (Å²) in [6.07, 6.45) is 3.08. The fourth-order valence-corrected chi connectivity index (χ4v) is 3.89. The molecule has 0 saturated carbocycles. The zero-order valence-corrected chi connectivity index (χ0v) is 12.2. The van der Waals surface area contributed by atoms with Crippen LogP contribution in [0.3, 0.4) is 0 Å². The van der Waals surface area contributed by atoms with Crippen molar-refractivity contribution in [1.29, 1.82) is 5.41 Å². The van der Waals surface area contributed by atoms with Crippen molar-refractivity contribution in [2.45, 2.75) is 27.2 Å². The Bertz CT molecular complexity index is 297. The third kappa shape index (κ3) is 3.20. The molecule has 2 atom stereocenters. The molecule has 0 saturated heterocycles. The summed E-state index contributed by atoms with van der Waals surface area (Å²) in [4.78, 5) is 1.02. The third-order valence-corrected chi connectivity index (χ3v) is 5.14. The van der Waals surface area contributed by atoms with Crippen LogP contribution in [0.4, 0.5) is 0 Å². The molecule has 1 rings (SSSR count). The molecule has 0 aromatic carbocycles. The molecule has 0 bridgehead atoms. The summed E-state index contributed by atoms with van der Waals surface area (Å²) in [7, 11) is 0. The first-order chi connectivity index (χ1) is 7.47. The van der Waals surface area contributed by atoms with Gasteiger partial charge in [0.1, 0.15) is 5.04 Å². The average Bonchev–Trinajstić information content (AvgIpc) is 2.23. The molecule has 0 aliphatic carbocycles. The van der Waals surface area contributed by atoms with E-state index in [1.165, 1.54) is 11.8 Å². The molecule has 0 aromatic heterocycles. The van der Waals surface area contributed by atoms with Gasteiger partial charge in [-0.05, 0) is 24.5 Å². The minimum absolute atomic E-state index is 0.462. The Morgan fingerprint density at radius 1 is 1.62 bits per heavy atom. The summed E-state index contributed by atoms with van der Waals surface area (Å²) in [6.45, 7) is 6.75. The van der Waals surface area contributed by atoms with E-state index >= 15 is 0 Å². The number of rotatable bonds is 3. The Kier molecular flexibility index (Phi) is 5.25. The highest BCUT2D eigenvalue weighted by Gasteiger charge is 2.29. The lowest BCUT2D eigenvalue weighted by molar-refractivity contribution is 0.362. The van der Waals surface area contributed by atoms with Crippen LogP contribution in [0.2, 0.25) is 0 Å². The lowest BCUT2D eigenvalue weighted by Gasteiger charge is -2.32. The molecule has 0 fully saturated rings. The molecule has 3 N–H and O–H groups in total. The highest BCUT2D eigenvalue weighted by Crippen LogP contribution is 2.39. The molecule has 16 heavy (non-hydrogen) atoms. The van der Waals surface area contributed by atoms with Gasteiger partial charge in [0.15, 0.2) is 0 Å². The average molecular weight is 258 g/mol. The van der Waals surface area contributed by atoms with Gasteiger partial charge < -0.3 is 5.73 Å². The Morgan fingerprint density at radius 3 is 2.75 bits per heavy atom. The molecule has 1 aliphatic rings. The first-order valence-electron chi connectivity index (χ1n) is 5.72. The SMILES string of the molecule is CSC(=N)C1=C(N)C(CC(C)C)C(C)CS1. The summed E-state index contributed by atoms with van der Waals surface area (Å²) in [5.41, 5.74) is 7.20. The van der Waals surface area contributed by atoms with E-state index in [9.17, 15) is 0 Å². The Balaban J connectivity index is 2.91. The number of thioether (sulfide) groups is 2. The predicted octanol–water partition coefficient (Wildman–Crippen LogP) is 3.54. The van der Waals surface area contributed by atoms with Crippen molar-refractivity contribution in [3.8, 4) is 0 Å². The van der Waals surface area contributed by atoms with Gasteiger partial charge >= 0.3 is 0 Å². The van der Waals surface area contributed by atoms with Crippen LogP contribution in [0, 0.1) is 23.2 Å². The lowest BCUT2D eigenvalue weighted by atomic mass is 9.84. The number of hydrogen-bond donors (Lipinski definition) is 2. The normalized spacial score (nSPS) is 26.3. The second-order valence-corrected chi connectivity index (χ2v) is 6.69. The van der Waals surface area contributed by atoms with Crippen LogP contribution in [-0.4, -0.2) is 17.1 Å². The van der Waals surface area contributed by atoms with Crippen molar-refractivity contribution in [3.63, 3.8) is 0 Å². The highest BCUT2D eigenvalue weighted by molar-refractivity contribution is 8.17. The zero-order chi connectivity index (χ0) is 12.3. The first kappa shape index (κ1) is 14.0. The van der Waals surface area contributed by atoms with E-state index in [0.717, 1.165) is 22.8 Å². The van der Waals surface area contributed by atoms with E-state index in [1.807, 2.05) is 6.26 Å². The van der Waals surface area contributed by atoms with Crippen LogP contribution in [0.1, 0.15) is 27.2 Å². The fourth-order valence-electron chi connectivity index (χ4n) is 2.05. The predicted molar refractivity (Wildman–Crippen MR) is 77.0 cm³/mol. The van der Waals surface area contributed by atoms with Gasteiger partial charge in [0.25, 0.3) is 0 Å². The van der Waals surface area contributed by atoms with E-state index in [-0.39, 0.29) is 0 Å². The second-order valence-electron chi connectivity index (χ2n) is 4.84. The summed E-state index contributed by atoms with van der Waals surface area (Å²) >= 11 is 3.23. The van der Waals surface area contributed by atoms with Gasteiger partial charge in [0, 0.05) is 17.4 Å². The molecule has 0 amide bonds. The second kappa shape index (κ2) is 6.01. The summed E-state index contributed by atoms with van der Waals surface area (Å²) < 4.78 is 0. The van der Waals surface area contributed by atoms with Gasteiger partial charge in [-0.1, -0.05) is 20.8 Å². The number of hydrogen-bond acceptors (Lipinski definition) is 4. The molecule has 0 radical (unpaired) electrons. The lowest BCUT2D eigenvalue weighted by Crippen LogP contribution is -2.29. The summed E-state index contributed by atoms with van der Waals surface area (Å²) in [5, 5.41) is 8.53.